The van der Waals surface area contributed by atoms with E-state index in [4.69, 9.17) is 18.9 Å². The van der Waals surface area contributed by atoms with E-state index in [1.54, 1.807) is 27.7 Å². The summed E-state index contributed by atoms with van der Waals surface area (Å²) < 4.78 is 24.9. The van der Waals surface area contributed by atoms with E-state index in [1.807, 2.05) is 13.8 Å². The standard InChI is InChI=1S/C49H72N4O16S4.C3H8.C2H6/c1-7-34(56)26-72-37-22-42(60)52(46(37)64)14-10-18-68-30-49(28-66-16-8-12-50-40(58)20-35(44(50)62)70-24-32(2)54,29-67-17-9-13-51-41(59)21-36(45(51)63)71-25-33(3)55)31-69-19-11-15-53-43(61)23-38(47(53)65)73-27-39(57)48(4,5)6;1-3-2;1-2/h35-38H,7-31H2,1-6H3;3H2,1-2H3;1-2H3. The molecular weight excluding hydrogens is 1090 g/mol. The molecule has 8 amide bonds. The molecule has 442 valence electrons. The molecular formula is C54H86N4O16S4. The molecule has 0 aliphatic carbocycles. The highest BCUT2D eigenvalue weighted by molar-refractivity contribution is 8.02. The molecule has 78 heavy (non-hydrogen) atoms. The molecule has 4 unspecified atom stereocenters. The molecule has 0 saturated carbocycles. The monoisotopic (exact) mass is 1170 g/mol. The first-order valence-corrected chi connectivity index (χ1v) is 31.4. The Labute approximate surface area is 478 Å². The van der Waals surface area contributed by atoms with Crippen LogP contribution in [-0.2, 0) is 76.5 Å². The van der Waals surface area contributed by atoms with Crippen LogP contribution in [0.1, 0.15) is 133 Å². The van der Waals surface area contributed by atoms with E-state index in [1.165, 1.54) is 51.6 Å². The van der Waals surface area contributed by atoms with Crippen LogP contribution < -0.4 is 0 Å². The lowest BCUT2D eigenvalue weighted by atomic mass is 9.92. The number of carbonyl (C=O) groups excluding carboxylic acids is 12. The van der Waals surface area contributed by atoms with E-state index in [0.717, 1.165) is 35.3 Å². The van der Waals surface area contributed by atoms with E-state index in [-0.39, 0.29) is 224 Å². The van der Waals surface area contributed by atoms with Gasteiger partial charge in [-0.1, -0.05) is 61.8 Å². The van der Waals surface area contributed by atoms with E-state index >= 15 is 0 Å². The molecule has 4 heterocycles. The van der Waals surface area contributed by atoms with Gasteiger partial charge in [0, 0.05) is 90.1 Å². The molecule has 0 aromatic carbocycles. The zero-order chi connectivity index (χ0) is 58.6. The van der Waals surface area contributed by atoms with Crippen molar-refractivity contribution in [3.05, 3.63) is 0 Å². The first-order chi connectivity index (χ1) is 37.0. The predicted octanol–water partition coefficient (Wildman–Crippen LogP) is 5.26. The van der Waals surface area contributed by atoms with E-state index in [0.29, 0.717) is 6.42 Å². The first-order valence-electron chi connectivity index (χ1n) is 27.2. The van der Waals surface area contributed by atoms with Crippen molar-refractivity contribution >= 4 is 117 Å². The molecule has 4 aliphatic heterocycles. The normalized spacial score (nSPS) is 20.4. The van der Waals surface area contributed by atoms with Crippen molar-refractivity contribution in [2.45, 2.75) is 154 Å². The Morgan fingerprint density at radius 1 is 0.462 bits per heavy atom. The smallest absolute Gasteiger partial charge is 0.242 e. The second kappa shape index (κ2) is 36.8. The summed E-state index contributed by atoms with van der Waals surface area (Å²) >= 11 is 4.61. The quantitative estimate of drug-likeness (QED) is 0.0568. The number of hydrogen-bond donors (Lipinski definition) is 0. The topological polar surface area (TPSA) is 255 Å². The Bertz CT molecular complexity index is 2000. The van der Waals surface area contributed by atoms with Gasteiger partial charge in [-0.15, -0.1) is 47.0 Å². The van der Waals surface area contributed by atoms with Gasteiger partial charge in [0.2, 0.25) is 47.3 Å². The van der Waals surface area contributed by atoms with Crippen LogP contribution in [0.15, 0.2) is 0 Å². The van der Waals surface area contributed by atoms with Gasteiger partial charge in [0.15, 0.2) is 0 Å². The number of rotatable bonds is 37. The van der Waals surface area contributed by atoms with Crippen molar-refractivity contribution in [1.82, 2.24) is 19.6 Å². The number of nitrogens with zero attached hydrogens (tertiary/aromatic N) is 4. The summed E-state index contributed by atoms with van der Waals surface area (Å²) in [6, 6.07) is 0. The summed E-state index contributed by atoms with van der Waals surface area (Å²) in [6.07, 6.45) is 2.74. The first kappa shape index (κ1) is 70.6. The van der Waals surface area contributed by atoms with Crippen molar-refractivity contribution in [2.75, 3.05) is 102 Å². The Kier molecular flexibility index (Phi) is 33.3. The molecule has 4 saturated heterocycles. The third-order valence-corrected chi connectivity index (χ3v) is 17.3. The van der Waals surface area contributed by atoms with Gasteiger partial charge in [-0.3, -0.25) is 77.1 Å². The van der Waals surface area contributed by atoms with Gasteiger partial charge in [0.25, 0.3) is 0 Å². The zero-order valence-electron chi connectivity index (χ0n) is 47.6. The van der Waals surface area contributed by atoms with Crippen LogP contribution in [0.25, 0.3) is 0 Å². The van der Waals surface area contributed by atoms with Crippen LogP contribution in [0.5, 0.6) is 0 Å². The molecule has 20 nitrogen and oxygen atoms in total. The number of ketones is 4. The molecule has 0 aromatic rings. The third-order valence-electron chi connectivity index (χ3n) is 12.2. The second-order valence-corrected chi connectivity index (χ2v) is 25.1. The maximum Gasteiger partial charge on any atom is 0.242 e. The summed E-state index contributed by atoms with van der Waals surface area (Å²) in [5.41, 5.74) is -1.61. The second-order valence-electron chi connectivity index (χ2n) is 20.4. The van der Waals surface area contributed by atoms with Crippen LogP contribution in [0.2, 0.25) is 0 Å². The molecule has 4 atom stereocenters. The Morgan fingerprint density at radius 2 is 0.718 bits per heavy atom. The molecule has 0 bridgehead atoms. The van der Waals surface area contributed by atoms with Crippen LogP contribution in [0, 0.1) is 10.8 Å². The van der Waals surface area contributed by atoms with Crippen molar-refractivity contribution in [3.63, 3.8) is 0 Å². The molecule has 4 rings (SSSR count). The lowest BCUT2D eigenvalue weighted by Gasteiger charge is -2.33. The minimum atomic E-state index is -1.03. The molecule has 0 spiro atoms. The minimum absolute atomic E-state index is 0.00390. The highest BCUT2D eigenvalue weighted by atomic mass is 32.2. The summed E-state index contributed by atoms with van der Waals surface area (Å²) in [6.45, 7) is 18.9. The zero-order valence-corrected chi connectivity index (χ0v) is 50.9. The number of Topliss-reactive ketones (excluding diaryl/α,β-unsaturated/α-hetero) is 4. The number of likely N-dealkylation sites (tertiary alicyclic amines) is 4. The summed E-state index contributed by atoms with van der Waals surface area (Å²) in [7, 11) is 0. The third kappa shape index (κ3) is 23.9. The van der Waals surface area contributed by atoms with Crippen molar-refractivity contribution < 1.29 is 76.5 Å². The Hall–Kier alpha value is -3.52. The van der Waals surface area contributed by atoms with Gasteiger partial charge in [-0.25, -0.2) is 0 Å². The van der Waals surface area contributed by atoms with E-state index in [2.05, 4.69) is 13.8 Å². The summed E-state index contributed by atoms with van der Waals surface area (Å²) in [5, 5.41) is -2.54. The van der Waals surface area contributed by atoms with Gasteiger partial charge in [0.05, 0.1) is 75.9 Å². The SMILES string of the molecule is CC.CCC.CCC(=O)CSC1CC(=O)N(CCCOCC(COCCCN2C(=O)CC(SCC(C)=O)C2=O)(COCCCN2C(=O)CC(SCC(C)=O)C2=O)COCCCN2C(=O)CC(SCC(=O)C(C)(C)C)C2=O)C1=O. The number of carbonyl (C=O) groups is 12. The van der Waals surface area contributed by atoms with Gasteiger partial charge in [-0.05, 0) is 39.5 Å². The Balaban J connectivity index is 0.00000401. The minimum Gasteiger partial charge on any atom is -0.381 e. The number of thioether (sulfide) groups is 4. The summed E-state index contributed by atoms with van der Waals surface area (Å²) in [5.74, 6) is -2.49. The van der Waals surface area contributed by atoms with Crippen molar-refractivity contribution in [3.8, 4) is 0 Å². The van der Waals surface area contributed by atoms with Crippen molar-refractivity contribution in [2.24, 2.45) is 10.8 Å². The molecule has 0 radical (unpaired) electrons. The highest BCUT2D eigenvalue weighted by Crippen LogP contribution is 2.31. The van der Waals surface area contributed by atoms with Gasteiger partial charge < -0.3 is 18.9 Å². The average molecular weight is 1180 g/mol. The molecule has 0 aromatic heterocycles. The maximum absolute atomic E-state index is 13.2. The highest BCUT2D eigenvalue weighted by Gasteiger charge is 2.42. The molecule has 4 aliphatic rings. The van der Waals surface area contributed by atoms with Gasteiger partial charge in [0.1, 0.15) is 23.1 Å². The fourth-order valence-corrected chi connectivity index (χ4v) is 12.3. The van der Waals surface area contributed by atoms with Crippen LogP contribution >= 0.6 is 47.0 Å². The summed E-state index contributed by atoms with van der Waals surface area (Å²) in [4.78, 5) is 156. The largest absolute Gasteiger partial charge is 0.381 e. The van der Waals surface area contributed by atoms with Gasteiger partial charge >= 0.3 is 0 Å². The molecule has 0 N–H and O–H groups in total. The Morgan fingerprint density at radius 3 is 0.962 bits per heavy atom. The van der Waals surface area contributed by atoms with Crippen LogP contribution in [0.4, 0.5) is 0 Å². The van der Waals surface area contributed by atoms with Crippen LogP contribution in [-0.4, -0.2) is 213 Å². The molecule has 24 heteroatoms. The number of imide groups is 4. The average Bonchev–Trinajstić information content (AvgIpc) is 4.03. The number of hydrogen-bond acceptors (Lipinski definition) is 20. The number of amides is 8. The fraction of sp³-hybridized carbons (Fsp3) is 0.778. The van der Waals surface area contributed by atoms with Crippen molar-refractivity contribution in [1.29, 1.82) is 0 Å². The van der Waals surface area contributed by atoms with Gasteiger partial charge in [-0.2, -0.15) is 0 Å². The fourth-order valence-electron chi connectivity index (χ4n) is 7.90. The molecule has 4 fully saturated rings. The van der Waals surface area contributed by atoms with Crippen LogP contribution in [0.3, 0.4) is 0 Å². The maximum atomic E-state index is 13.2. The lowest BCUT2D eigenvalue weighted by molar-refractivity contribution is -0.140. The van der Waals surface area contributed by atoms with E-state index < -0.39 is 31.8 Å². The lowest BCUT2D eigenvalue weighted by Crippen LogP contribution is -2.43. The predicted molar refractivity (Wildman–Crippen MR) is 303 cm³/mol. The van der Waals surface area contributed by atoms with E-state index in [9.17, 15) is 57.5 Å². The number of ether oxygens (including phenoxy) is 4.